The highest BCUT2D eigenvalue weighted by atomic mass is 16.5. The Morgan fingerprint density at radius 3 is 1.82 bits per heavy atom. The number of nitrogens with zero attached hydrogens (tertiary/aromatic N) is 1. The minimum atomic E-state index is -0.514. The molecule has 0 saturated heterocycles. The lowest BCUT2D eigenvalue weighted by Gasteiger charge is -2.32. The Morgan fingerprint density at radius 1 is 0.923 bits per heavy atom. The molecule has 1 aromatic heterocycles. The van der Waals surface area contributed by atoms with Gasteiger partial charge < -0.3 is 14.5 Å². The van der Waals surface area contributed by atoms with E-state index in [0.717, 1.165) is 11.3 Å². The van der Waals surface area contributed by atoms with E-state index in [9.17, 15) is 9.59 Å². The number of hydrogen-bond acceptors (Lipinski definition) is 9. The van der Waals surface area contributed by atoms with Crippen LogP contribution in [0.2, 0.25) is 0 Å². The zero-order valence-electron chi connectivity index (χ0n) is 22.6. The van der Waals surface area contributed by atoms with E-state index in [-0.39, 0.29) is 36.3 Å². The van der Waals surface area contributed by atoms with Crippen LogP contribution in [0.15, 0.2) is 59.2 Å². The first-order chi connectivity index (χ1) is 18.6. The Morgan fingerprint density at radius 2 is 1.41 bits per heavy atom. The van der Waals surface area contributed by atoms with Gasteiger partial charge in [0.25, 0.3) is 0 Å². The summed E-state index contributed by atoms with van der Waals surface area (Å²) in [7, 11) is 0. The first-order valence-electron chi connectivity index (χ1n) is 12.2. The molecule has 3 rings (SSSR count). The minimum absolute atomic E-state index is 0.00303. The highest BCUT2D eigenvalue weighted by Crippen LogP contribution is 2.28. The lowest BCUT2D eigenvalue weighted by molar-refractivity contribution is -0.193. The van der Waals surface area contributed by atoms with Crippen molar-refractivity contribution in [2.45, 2.75) is 65.3 Å². The van der Waals surface area contributed by atoms with Gasteiger partial charge in [0, 0.05) is 35.9 Å². The Balaban J connectivity index is 0.00000116. The van der Waals surface area contributed by atoms with Gasteiger partial charge >= 0.3 is 12.3 Å². The predicted octanol–water partition coefficient (Wildman–Crippen LogP) is 5.36. The molecule has 0 spiro atoms. The van der Waals surface area contributed by atoms with Crippen molar-refractivity contribution in [3.05, 3.63) is 66.2 Å². The summed E-state index contributed by atoms with van der Waals surface area (Å²) in [6.07, 6.45) is 3.82. The number of Topliss-reactive ketones (excluding diaryl/α,β-unsaturated/α-hetero) is 1. The summed E-state index contributed by atoms with van der Waals surface area (Å²) in [5, 5.41) is 2.97. The third-order valence-electron chi connectivity index (χ3n) is 5.87. The van der Waals surface area contributed by atoms with E-state index in [2.05, 4.69) is 10.3 Å². The quantitative estimate of drug-likeness (QED) is 0.338. The van der Waals surface area contributed by atoms with Crippen LogP contribution in [0.5, 0.6) is 11.5 Å². The second-order valence-electron chi connectivity index (χ2n) is 8.81. The van der Waals surface area contributed by atoms with Crippen LogP contribution in [0.3, 0.4) is 0 Å². The van der Waals surface area contributed by atoms with Gasteiger partial charge in [-0.1, -0.05) is 27.7 Å². The van der Waals surface area contributed by atoms with Crippen molar-refractivity contribution < 1.29 is 37.9 Å². The summed E-state index contributed by atoms with van der Waals surface area (Å²) < 4.78 is 11.4. The van der Waals surface area contributed by atoms with Crippen molar-refractivity contribution in [3.63, 3.8) is 0 Å². The highest BCUT2D eigenvalue weighted by molar-refractivity contribution is 5.97. The van der Waals surface area contributed by atoms with Gasteiger partial charge in [0.1, 0.15) is 23.5 Å². The number of carbonyl (C=O) groups is 2. The Hall–Kier alpha value is -4.65. The van der Waals surface area contributed by atoms with Gasteiger partial charge in [-0.3, -0.25) is 9.59 Å². The van der Waals surface area contributed by atoms with E-state index in [1.807, 2.05) is 52.0 Å². The van der Waals surface area contributed by atoms with Crippen LogP contribution in [0.25, 0.3) is 11.3 Å². The van der Waals surface area contributed by atoms with Crippen molar-refractivity contribution in [1.29, 1.82) is 0 Å². The number of rotatable bonds is 10. The van der Waals surface area contributed by atoms with Gasteiger partial charge in [-0.25, -0.2) is 4.98 Å². The number of amides is 1. The number of nitrogens with one attached hydrogen (secondary N) is 1. The lowest BCUT2D eigenvalue weighted by atomic mass is 9.85. The number of hydrogen-bond donors (Lipinski definition) is 1. The maximum absolute atomic E-state index is 12.8. The Bertz CT molecular complexity index is 1250. The molecule has 39 heavy (non-hydrogen) atoms. The predicted molar refractivity (Wildman–Crippen MR) is 139 cm³/mol. The fourth-order valence-corrected chi connectivity index (χ4v) is 3.73. The van der Waals surface area contributed by atoms with Crippen LogP contribution < -0.4 is 10.1 Å². The van der Waals surface area contributed by atoms with E-state index in [1.54, 1.807) is 30.5 Å². The van der Waals surface area contributed by atoms with Gasteiger partial charge in [0.2, 0.25) is 5.91 Å². The van der Waals surface area contributed by atoms with Crippen molar-refractivity contribution >= 4 is 24.0 Å². The van der Waals surface area contributed by atoms with E-state index < -0.39 is 5.54 Å². The highest BCUT2D eigenvalue weighted by Gasteiger charge is 2.30. The summed E-state index contributed by atoms with van der Waals surface area (Å²) in [6, 6.07) is 14.7. The first kappa shape index (κ1) is 32.4. The fraction of sp³-hybridized carbons (Fsp3) is 0.345. The summed E-state index contributed by atoms with van der Waals surface area (Å²) in [4.78, 5) is 61.4. The molecule has 2 aromatic carbocycles. The van der Waals surface area contributed by atoms with Crippen molar-refractivity contribution in [2.24, 2.45) is 0 Å². The standard InChI is InChI=1S/C27H32N2O4.2CO2/c1-6-27(7-2,29-19(5)30)16-25(31)21-10-14-23(15-11-21)33-22-12-8-20(9-13-22)24-17-32-26(28-24)18(3)4;2*2-1-3/h8-15,17-18H,6-7,16H2,1-5H3,(H,29,30);;. The molecule has 0 aliphatic heterocycles. The molecule has 0 radical (unpaired) electrons. The average Bonchev–Trinajstić information content (AvgIpc) is 3.41. The summed E-state index contributed by atoms with van der Waals surface area (Å²) in [5.41, 5.74) is 1.83. The van der Waals surface area contributed by atoms with E-state index in [0.29, 0.717) is 35.8 Å². The van der Waals surface area contributed by atoms with Crippen LogP contribution >= 0.6 is 0 Å². The van der Waals surface area contributed by atoms with Gasteiger partial charge in [-0.2, -0.15) is 19.2 Å². The minimum Gasteiger partial charge on any atom is -0.457 e. The van der Waals surface area contributed by atoms with Crippen molar-refractivity contribution in [3.8, 4) is 22.8 Å². The molecule has 10 nitrogen and oxygen atoms in total. The topological polar surface area (TPSA) is 150 Å². The SMILES string of the molecule is CCC(CC)(CC(=O)c1ccc(Oc2ccc(-c3coc(C(C)C)n3)cc2)cc1)NC(C)=O.O=C=O.O=C=O. The van der Waals surface area contributed by atoms with Crippen LogP contribution in [0.4, 0.5) is 0 Å². The molecule has 0 atom stereocenters. The molecule has 0 fully saturated rings. The van der Waals surface area contributed by atoms with Gasteiger partial charge in [0.15, 0.2) is 11.7 Å². The van der Waals surface area contributed by atoms with Crippen LogP contribution in [0.1, 0.15) is 76.0 Å². The molecule has 0 aliphatic rings. The lowest BCUT2D eigenvalue weighted by Crippen LogP contribution is -2.48. The van der Waals surface area contributed by atoms with Crippen molar-refractivity contribution in [2.75, 3.05) is 0 Å². The van der Waals surface area contributed by atoms with Gasteiger partial charge in [-0.05, 0) is 61.4 Å². The molecular formula is C29H32N2O8. The maximum Gasteiger partial charge on any atom is 0.373 e. The molecule has 1 N–H and O–H groups in total. The number of oxazole rings is 1. The van der Waals surface area contributed by atoms with Gasteiger partial charge in [-0.15, -0.1) is 0 Å². The fourth-order valence-electron chi connectivity index (χ4n) is 3.73. The molecule has 10 heteroatoms. The Kier molecular flexibility index (Phi) is 13.5. The van der Waals surface area contributed by atoms with Crippen LogP contribution in [-0.2, 0) is 24.0 Å². The summed E-state index contributed by atoms with van der Waals surface area (Å²) in [6.45, 7) is 9.54. The van der Waals surface area contributed by atoms with E-state index in [4.69, 9.17) is 28.3 Å². The molecule has 0 bridgehead atoms. The summed E-state index contributed by atoms with van der Waals surface area (Å²) in [5.74, 6) is 2.16. The third kappa shape index (κ3) is 10.3. The third-order valence-corrected chi connectivity index (χ3v) is 5.87. The number of ether oxygens (including phenoxy) is 1. The normalized spacial score (nSPS) is 10.1. The van der Waals surface area contributed by atoms with E-state index >= 15 is 0 Å². The second-order valence-corrected chi connectivity index (χ2v) is 8.81. The Labute approximate surface area is 226 Å². The zero-order valence-corrected chi connectivity index (χ0v) is 22.6. The molecule has 0 aliphatic carbocycles. The number of aromatic nitrogens is 1. The van der Waals surface area contributed by atoms with Gasteiger partial charge in [0.05, 0.1) is 0 Å². The molecule has 3 aromatic rings. The largest absolute Gasteiger partial charge is 0.457 e. The summed E-state index contributed by atoms with van der Waals surface area (Å²) >= 11 is 0. The molecule has 0 unspecified atom stereocenters. The molecule has 1 heterocycles. The molecule has 206 valence electrons. The number of benzene rings is 2. The molecule has 0 saturated carbocycles. The number of ketones is 1. The smallest absolute Gasteiger partial charge is 0.373 e. The first-order valence-corrected chi connectivity index (χ1v) is 12.2. The van der Waals surface area contributed by atoms with E-state index in [1.165, 1.54) is 6.92 Å². The second kappa shape index (κ2) is 16.2. The van der Waals surface area contributed by atoms with Crippen molar-refractivity contribution in [1.82, 2.24) is 10.3 Å². The number of carbonyl (C=O) groups excluding carboxylic acids is 6. The molecule has 1 amide bonds. The van der Waals surface area contributed by atoms with Crippen LogP contribution in [0, 0.1) is 0 Å². The average molecular weight is 537 g/mol. The monoisotopic (exact) mass is 536 g/mol. The molecular weight excluding hydrogens is 504 g/mol. The zero-order chi connectivity index (χ0) is 29.4. The van der Waals surface area contributed by atoms with Crippen LogP contribution in [-0.4, -0.2) is 34.5 Å². The maximum atomic E-state index is 12.8.